The second kappa shape index (κ2) is 5.89. The van der Waals surface area contributed by atoms with E-state index in [2.05, 4.69) is 4.98 Å². The second-order valence-electron chi connectivity index (χ2n) is 5.20. The fraction of sp³-hybridized carbons (Fsp3) is 0.643. The van der Waals surface area contributed by atoms with Gasteiger partial charge in [-0.3, -0.25) is 0 Å². The Balaban J connectivity index is 2.32. The topological polar surface area (TPSA) is 42.2 Å². The van der Waals surface area contributed by atoms with Crippen LogP contribution in [0.1, 0.15) is 44.7 Å². The molecule has 0 radical (unpaired) electrons. The summed E-state index contributed by atoms with van der Waals surface area (Å²) in [5.74, 6) is 0. The van der Waals surface area contributed by atoms with Crippen LogP contribution >= 0.6 is 0 Å². The highest BCUT2D eigenvalue weighted by molar-refractivity contribution is 5.67. The Labute approximate surface area is 117 Å². The maximum absolute atomic E-state index is 12.8. The van der Waals surface area contributed by atoms with Gasteiger partial charge in [0.2, 0.25) is 0 Å². The van der Waals surface area contributed by atoms with Crippen LogP contribution in [0.5, 0.6) is 0 Å². The highest BCUT2D eigenvalue weighted by Crippen LogP contribution is 2.35. The lowest BCUT2D eigenvalue weighted by atomic mass is 9.93. The number of nitrogens with zero attached hydrogens (tertiary/aromatic N) is 2. The third-order valence-electron chi connectivity index (χ3n) is 3.87. The summed E-state index contributed by atoms with van der Waals surface area (Å²) in [6, 6.07) is 1.35. The monoisotopic (exact) mass is 287 g/mol. The molecule has 0 unspecified atom stereocenters. The van der Waals surface area contributed by atoms with Gasteiger partial charge < -0.3 is 10.6 Å². The molecule has 1 aliphatic rings. The minimum Gasteiger partial charge on any atom is -0.396 e. The molecule has 1 aromatic heterocycles. The first-order chi connectivity index (χ1) is 9.43. The van der Waals surface area contributed by atoms with Crippen LogP contribution in [-0.4, -0.2) is 17.6 Å². The van der Waals surface area contributed by atoms with Crippen LogP contribution in [-0.2, 0) is 6.18 Å². The van der Waals surface area contributed by atoms with Crippen molar-refractivity contribution >= 4 is 11.4 Å². The number of nitrogens with two attached hydrogens (primary N) is 1. The van der Waals surface area contributed by atoms with Gasteiger partial charge >= 0.3 is 6.18 Å². The van der Waals surface area contributed by atoms with E-state index in [9.17, 15) is 13.2 Å². The predicted octanol–water partition coefficient (Wildman–Crippen LogP) is 3.84. The van der Waals surface area contributed by atoms with Gasteiger partial charge in [0.15, 0.2) is 0 Å². The molecule has 6 heteroatoms. The molecule has 2 rings (SSSR count). The molecule has 3 nitrogen and oxygen atoms in total. The van der Waals surface area contributed by atoms with Crippen LogP contribution in [0.2, 0.25) is 0 Å². The molecule has 0 saturated heterocycles. The smallest absolute Gasteiger partial charge is 0.396 e. The SMILES string of the molecule is CCN(c1cc(C(F)(F)F)ncc1N)C1CCCCC1. The number of anilines is 2. The third-order valence-corrected chi connectivity index (χ3v) is 3.87. The molecule has 0 aromatic carbocycles. The summed E-state index contributed by atoms with van der Waals surface area (Å²) in [7, 11) is 0. The fourth-order valence-corrected chi connectivity index (χ4v) is 2.88. The number of alkyl halides is 3. The quantitative estimate of drug-likeness (QED) is 0.918. The average Bonchev–Trinajstić information content (AvgIpc) is 2.41. The van der Waals surface area contributed by atoms with Crippen molar-refractivity contribution in [2.45, 2.75) is 51.2 Å². The summed E-state index contributed by atoms with van der Waals surface area (Å²) in [6.07, 6.45) is 2.15. The molecular formula is C14H20F3N3. The Kier molecular flexibility index (Phi) is 4.40. The lowest BCUT2D eigenvalue weighted by Gasteiger charge is -2.36. The van der Waals surface area contributed by atoms with Gasteiger partial charge in [0.25, 0.3) is 0 Å². The molecule has 2 N–H and O–H groups in total. The van der Waals surface area contributed by atoms with Crippen molar-refractivity contribution in [3.63, 3.8) is 0 Å². The van der Waals surface area contributed by atoms with Gasteiger partial charge in [0.05, 0.1) is 17.6 Å². The van der Waals surface area contributed by atoms with E-state index in [1.807, 2.05) is 11.8 Å². The van der Waals surface area contributed by atoms with Crippen LogP contribution in [0.3, 0.4) is 0 Å². The number of aromatic nitrogens is 1. The van der Waals surface area contributed by atoms with Crippen molar-refractivity contribution in [3.8, 4) is 0 Å². The van der Waals surface area contributed by atoms with E-state index >= 15 is 0 Å². The van der Waals surface area contributed by atoms with Crippen molar-refractivity contribution in [2.24, 2.45) is 0 Å². The second-order valence-corrected chi connectivity index (χ2v) is 5.20. The minimum absolute atomic E-state index is 0.277. The molecule has 0 atom stereocenters. The Morgan fingerprint density at radius 3 is 2.50 bits per heavy atom. The Hall–Kier alpha value is -1.46. The van der Waals surface area contributed by atoms with Crippen LogP contribution in [0.4, 0.5) is 24.5 Å². The van der Waals surface area contributed by atoms with Gasteiger partial charge in [-0.2, -0.15) is 13.2 Å². The molecule has 0 bridgehead atoms. The van der Waals surface area contributed by atoms with Crippen molar-refractivity contribution in [3.05, 3.63) is 18.0 Å². The minimum atomic E-state index is -4.44. The Morgan fingerprint density at radius 2 is 1.95 bits per heavy atom. The molecule has 1 aromatic rings. The van der Waals surface area contributed by atoms with E-state index in [4.69, 9.17) is 5.73 Å². The summed E-state index contributed by atoms with van der Waals surface area (Å²) in [5.41, 5.74) is 5.74. The maximum Gasteiger partial charge on any atom is 0.433 e. The molecule has 0 spiro atoms. The van der Waals surface area contributed by atoms with Crippen LogP contribution < -0.4 is 10.6 Å². The largest absolute Gasteiger partial charge is 0.433 e. The summed E-state index contributed by atoms with van der Waals surface area (Å²) < 4.78 is 38.4. The zero-order valence-corrected chi connectivity index (χ0v) is 11.6. The fourth-order valence-electron chi connectivity index (χ4n) is 2.88. The molecule has 1 fully saturated rings. The predicted molar refractivity (Wildman–Crippen MR) is 73.5 cm³/mol. The first kappa shape index (κ1) is 14.9. The summed E-state index contributed by atoms with van der Waals surface area (Å²) in [5, 5.41) is 0. The van der Waals surface area contributed by atoms with Crippen molar-refractivity contribution < 1.29 is 13.2 Å². The van der Waals surface area contributed by atoms with Gasteiger partial charge in [-0.05, 0) is 25.8 Å². The third kappa shape index (κ3) is 3.16. The molecule has 1 saturated carbocycles. The van der Waals surface area contributed by atoms with Crippen molar-refractivity contribution in [1.82, 2.24) is 4.98 Å². The Bertz CT molecular complexity index is 453. The molecule has 1 heterocycles. The highest BCUT2D eigenvalue weighted by atomic mass is 19.4. The summed E-state index contributed by atoms with van der Waals surface area (Å²) >= 11 is 0. The highest BCUT2D eigenvalue weighted by Gasteiger charge is 2.34. The van der Waals surface area contributed by atoms with E-state index in [0.29, 0.717) is 17.9 Å². The van der Waals surface area contributed by atoms with Gasteiger partial charge in [-0.1, -0.05) is 19.3 Å². The van der Waals surface area contributed by atoms with Crippen LogP contribution in [0.25, 0.3) is 0 Å². The van der Waals surface area contributed by atoms with Crippen molar-refractivity contribution in [2.75, 3.05) is 17.2 Å². The molecule has 1 aliphatic carbocycles. The summed E-state index contributed by atoms with van der Waals surface area (Å²) in [4.78, 5) is 5.39. The molecule has 20 heavy (non-hydrogen) atoms. The maximum atomic E-state index is 12.8. The molecule has 0 amide bonds. The van der Waals surface area contributed by atoms with E-state index in [1.165, 1.54) is 6.42 Å². The zero-order valence-electron chi connectivity index (χ0n) is 11.6. The van der Waals surface area contributed by atoms with Gasteiger partial charge in [-0.15, -0.1) is 0 Å². The number of hydrogen-bond donors (Lipinski definition) is 1. The number of rotatable bonds is 3. The van der Waals surface area contributed by atoms with Gasteiger partial charge in [0.1, 0.15) is 5.69 Å². The van der Waals surface area contributed by atoms with Crippen molar-refractivity contribution in [1.29, 1.82) is 0 Å². The van der Waals surface area contributed by atoms with Crippen LogP contribution in [0.15, 0.2) is 12.3 Å². The molecule has 0 aliphatic heterocycles. The number of pyridine rings is 1. The van der Waals surface area contributed by atoms with Gasteiger partial charge in [-0.25, -0.2) is 4.98 Å². The molecular weight excluding hydrogens is 267 g/mol. The summed E-state index contributed by atoms with van der Waals surface area (Å²) in [6.45, 7) is 2.60. The first-order valence-electron chi connectivity index (χ1n) is 7.03. The normalized spacial score (nSPS) is 17.2. The Morgan fingerprint density at radius 1 is 1.30 bits per heavy atom. The van der Waals surface area contributed by atoms with E-state index in [1.54, 1.807) is 0 Å². The average molecular weight is 287 g/mol. The number of nitrogen functional groups attached to an aromatic ring is 1. The lowest BCUT2D eigenvalue weighted by molar-refractivity contribution is -0.141. The first-order valence-corrected chi connectivity index (χ1v) is 7.03. The van der Waals surface area contributed by atoms with E-state index in [-0.39, 0.29) is 6.04 Å². The lowest BCUT2D eigenvalue weighted by Crippen LogP contribution is -2.37. The zero-order chi connectivity index (χ0) is 14.8. The number of halogens is 3. The standard InChI is InChI=1S/C14H20F3N3/c1-2-20(10-6-4-3-5-7-10)12-8-13(14(15,16)17)19-9-11(12)18/h8-10H,2-7,18H2,1H3. The van der Waals surface area contributed by atoms with E-state index < -0.39 is 11.9 Å². The van der Waals surface area contributed by atoms with Crippen LogP contribution in [0, 0.1) is 0 Å². The van der Waals surface area contributed by atoms with E-state index in [0.717, 1.165) is 37.9 Å². The number of hydrogen-bond acceptors (Lipinski definition) is 3. The molecule has 112 valence electrons. The van der Waals surface area contributed by atoms with Gasteiger partial charge in [0, 0.05) is 12.6 Å².